The fraction of sp³-hybridized carbons (Fsp3) is 0.294. The molecule has 0 unspecified atom stereocenters. The number of benzene rings is 1. The van der Waals surface area contributed by atoms with Gasteiger partial charge in [-0.25, -0.2) is 13.8 Å². The monoisotopic (exact) mass is 409 g/mol. The van der Waals surface area contributed by atoms with Gasteiger partial charge < -0.3 is 9.88 Å². The predicted octanol–water partition coefficient (Wildman–Crippen LogP) is 4.38. The molecular weight excluding hydrogens is 392 g/mol. The Kier molecular flexibility index (Phi) is 5.85. The minimum Gasteiger partial charge on any atom is -0.306 e. The number of carbonyl (C=O) groups is 1. The van der Waals surface area contributed by atoms with E-state index in [-0.39, 0.29) is 11.9 Å². The third kappa shape index (κ3) is 4.51. The van der Waals surface area contributed by atoms with Crippen molar-refractivity contribution >= 4 is 34.1 Å². The summed E-state index contributed by atoms with van der Waals surface area (Å²) in [5.41, 5.74) is 0.909. The highest BCUT2D eigenvalue weighted by molar-refractivity contribution is 8.00. The maximum Gasteiger partial charge on any atom is 0.239 e. The third-order valence-corrected chi connectivity index (χ3v) is 5.53. The van der Waals surface area contributed by atoms with Gasteiger partial charge in [-0.3, -0.25) is 4.79 Å². The van der Waals surface area contributed by atoms with E-state index >= 15 is 0 Å². The molecule has 27 heavy (non-hydrogen) atoms. The van der Waals surface area contributed by atoms with Crippen LogP contribution in [0, 0.1) is 11.6 Å². The number of hydrogen-bond acceptors (Lipinski definition) is 6. The van der Waals surface area contributed by atoms with Crippen LogP contribution in [0.15, 0.2) is 35.1 Å². The van der Waals surface area contributed by atoms with Crippen LogP contribution < -0.4 is 5.32 Å². The average molecular weight is 409 g/mol. The molecule has 0 aliphatic heterocycles. The summed E-state index contributed by atoms with van der Waals surface area (Å²) in [6, 6.07) is 3.75. The van der Waals surface area contributed by atoms with Gasteiger partial charge in [0, 0.05) is 17.0 Å². The number of rotatable bonds is 6. The van der Waals surface area contributed by atoms with Crippen LogP contribution in [0.3, 0.4) is 0 Å². The smallest absolute Gasteiger partial charge is 0.239 e. The van der Waals surface area contributed by atoms with E-state index in [1.54, 1.807) is 18.6 Å². The highest BCUT2D eigenvalue weighted by Gasteiger charge is 2.20. The van der Waals surface area contributed by atoms with Crippen LogP contribution >= 0.6 is 23.1 Å². The molecule has 2 heterocycles. The van der Waals surface area contributed by atoms with E-state index < -0.39 is 16.9 Å². The maximum absolute atomic E-state index is 13.4. The Morgan fingerprint density at radius 2 is 2.04 bits per heavy atom. The molecule has 0 aliphatic rings. The van der Waals surface area contributed by atoms with E-state index in [4.69, 9.17) is 0 Å². The largest absolute Gasteiger partial charge is 0.306 e. The fourth-order valence-corrected chi connectivity index (χ4v) is 3.89. The summed E-state index contributed by atoms with van der Waals surface area (Å²) in [7, 11) is 0. The van der Waals surface area contributed by atoms with E-state index in [1.807, 2.05) is 18.4 Å². The van der Waals surface area contributed by atoms with Crippen LogP contribution in [-0.2, 0) is 4.79 Å². The van der Waals surface area contributed by atoms with Gasteiger partial charge in [-0.15, -0.1) is 21.5 Å². The number of carbonyl (C=O) groups excluding carboxylic acids is 1. The zero-order chi connectivity index (χ0) is 19.6. The van der Waals surface area contributed by atoms with Crippen molar-refractivity contribution in [1.82, 2.24) is 19.7 Å². The van der Waals surface area contributed by atoms with Gasteiger partial charge in [0.1, 0.15) is 6.33 Å². The van der Waals surface area contributed by atoms with Gasteiger partial charge in [-0.05, 0) is 39.0 Å². The lowest BCUT2D eigenvalue weighted by Crippen LogP contribution is -2.23. The molecule has 1 N–H and O–H groups in total. The number of aromatic nitrogens is 4. The molecule has 0 aliphatic carbocycles. The molecule has 10 heteroatoms. The second-order valence-electron chi connectivity index (χ2n) is 6.03. The molecule has 0 saturated heterocycles. The lowest BCUT2D eigenvalue weighted by atomic mass is 10.2. The van der Waals surface area contributed by atoms with Gasteiger partial charge in [-0.1, -0.05) is 11.8 Å². The molecule has 0 bridgehead atoms. The standard InChI is InChI=1S/C17H17F2N5OS2/c1-9(2)24-8-20-23-17(24)27-10(3)15(25)22-16-21-14(7-26-16)11-4-5-12(18)13(19)6-11/h4-10H,1-3H3,(H,21,22,25)/t10-/m1/s1. The van der Waals surface area contributed by atoms with Gasteiger partial charge in [0.15, 0.2) is 21.9 Å². The molecule has 0 saturated carbocycles. The number of amides is 1. The molecule has 1 aromatic carbocycles. The van der Waals surface area contributed by atoms with E-state index in [0.29, 0.717) is 21.5 Å². The zero-order valence-corrected chi connectivity index (χ0v) is 16.4. The number of halogens is 2. The highest BCUT2D eigenvalue weighted by atomic mass is 32.2. The topological polar surface area (TPSA) is 72.7 Å². The van der Waals surface area contributed by atoms with Crippen LogP contribution in [0.1, 0.15) is 26.8 Å². The van der Waals surface area contributed by atoms with E-state index in [1.165, 1.54) is 29.2 Å². The van der Waals surface area contributed by atoms with E-state index in [2.05, 4.69) is 20.5 Å². The van der Waals surface area contributed by atoms with Crippen molar-refractivity contribution in [3.05, 3.63) is 41.5 Å². The fourth-order valence-electron chi connectivity index (χ4n) is 2.21. The Hall–Kier alpha value is -2.33. The minimum absolute atomic E-state index is 0.190. The molecule has 3 rings (SSSR count). The van der Waals surface area contributed by atoms with Crippen molar-refractivity contribution < 1.29 is 13.6 Å². The number of anilines is 1. The van der Waals surface area contributed by atoms with Crippen LogP contribution in [-0.4, -0.2) is 30.9 Å². The molecule has 3 aromatic rings. The Balaban J connectivity index is 1.66. The van der Waals surface area contributed by atoms with Crippen LogP contribution in [0.5, 0.6) is 0 Å². The lowest BCUT2D eigenvalue weighted by molar-refractivity contribution is -0.115. The first-order chi connectivity index (χ1) is 12.8. The van der Waals surface area contributed by atoms with Crippen LogP contribution in [0.25, 0.3) is 11.3 Å². The maximum atomic E-state index is 13.4. The summed E-state index contributed by atoms with van der Waals surface area (Å²) >= 11 is 2.52. The van der Waals surface area contributed by atoms with Gasteiger partial charge >= 0.3 is 0 Å². The van der Waals surface area contributed by atoms with Gasteiger partial charge in [0.25, 0.3) is 0 Å². The molecule has 142 valence electrons. The predicted molar refractivity (Wildman–Crippen MR) is 102 cm³/mol. The van der Waals surface area contributed by atoms with Crippen molar-refractivity contribution in [3.63, 3.8) is 0 Å². The third-order valence-electron chi connectivity index (χ3n) is 3.70. The van der Waals surface area contributed by atoms with Crippen molar-refractivity contribution in [1.29, 1.82) is 0 Å². The zero-order valence-electron chi connectivity index (χ0n) is 14.8. The molecule has 6 nitrogen and oxygen atoms in total. The molecule has 0 fully saturated rings. The molecule has 0 radical (unpaired) electrons. The summed E-state index contributed by atoms with van der Waals surface area (Å²) < 4.78 is 28.3. The van der Waals surface area contributed by atoms with Crippen molar-refractivity contribution in [3.8, 4) is 11.3 Å². The summed E-state index contributed by atoms with van der Waals surface area (Å²) in [6.45, 7) is 5.78. The number of nitrogens with one attached hydrogen (secondary N) is 1. The second-order valence-corrected chi connectivity index (χ2v) is 8.20. The number of nitrogens with zero attached hydrogens (tertiary/aromatic N) is 4. The first-order valence-electron chi connectivity index (χ1n) is 8.13. The average Bonchev–Trinajstić information content (AvgIpc) is 3.26. The molecular formula is C17H17F2N5OS2. The molecule has 0 spiro atoms. The molecule has 2 aromatic heterocycles. The van der Waals surface area contributed by atoms with Gasteiger partial charge in [0.05, 0.1) is 10.9 Å². The Morgan fingerprint density at radius 1 is 1.26 bits per heavy atom. The van der Waals surface area contributed by atoms with E-state index in [9.17, 15) is 13.6 Å². The summed E-state index contributed by atoms with van der Waals surface area (Å²) in [5, 5.41) is 13.0. The van der Waals surface area contributed by atoms with Crippen molar-refractivity contribution in [2.75, 3.05) is 5.32 Å². The normalized spacial score (nSPS) is 12.4. The first-order valence-corrected chi connectivity index (χ1v) is 9.89. The summed E-state index contributed by atoms with van der Waals surface area (Å²) in [4.78, 5) is 16.7. The first kappa shape index (κ1) is 19.4. The molecule has 1 atom stereocenters. The van der Waals surface area contributed by atoms with Crippen LogP contribution in [0.4, 0.5) is 13.9 Å². The Labute approximate surface area is 163 Å². The van der Waals surface area contributed by atoms with Crippen LogP contribution in [0.2, 0.25) is 0 Å². The highest BCUT2D eigenvalue weighted by Crippen LogP contribution is 2.28. The van der Waals surface area contributed by atoms with Gasteiger partial charge in [-0.2, -0.15) is 0 Å². The van der Waals surface area contributed by atoms with E-state index in [0.717, 1.165) is 12.1 Å². The summed E-state index contributed by atoms with van der Waals surface area (Å²) in [6.07, 6.45) is 1.63. The quantitative estimate of drug-likeness (QED) is 0.612. The van der Waals surface area contributed by atoms with Gasteiger partial charge in [0.2, 0.25) is 5.91 Å². The number of thiazole rings is 1. The second kappa shape index (κ2) is 8.13. The number of hydrogen-bond donors (Lipinski definition) is 1. The Bertz CT molecular complexity index is 956. The summed E-state index contributed by atoms with van der Waals surface area (Å²) in [5.74, 6) is -2.09. The number of thioether (sulfide) groups is 1. The van der Waals surface area contributed by atoms with Crippen molar-refractivity contribution in [2.45, 2.75) is 37.2 Å². The SMILES string of the molecule is CC(C)n1cnnc1S[C@H](C)C(=O)Nc1nc(-c2ccc(F)c(F)c2)cs1. The lowest BCUT2D eigenvalue weighted by Gasteiger charge is -2.13. The van der Waals surface area contributed by atoms with Crippen molar-refractivity contribution in [2.24, 2.45) is 0 Å². The minimum atomic E-state index is -0.939. The Morgan fingerprint density at radius 3 is 2.74 bits per heavy atom. The molecule has 1 amide bonds.